The summed E-state index contributed by atoms with van der Waals surface area (Å²) in [5.41, 5.74) is 1.05. The minimum atomic E-state index is -0.784. The van der Waals surface area contributed by atoms with Gasteiger partial charge in [-0.1, -0.05) is 42.5 Å². The summed E-state index contributed by atoms with van der Waals surface area (Å²) < 4.78 is 0. The summed E-state index contributed by atoms with van der Waals surface area (Å²) in [4.78, 5) is 33.5. The molecule has 0 unspecified atom stereocenters. The number of allylic oxidation sites excluding steroid dienone is 1. The van der Waals surface area contributed by atoms with Crippen LogP contribution < -0.4 is 5.32 Å². The predicted octanol–water partition coefficient (Wildman–Crippen LogP) is 3.22. The Kier molecular flexibility index (Phi) is 5.35. The van der Waals surface area contributed by atoms with Gasteiger partial charge in [-0.05, 0) is 22.9 Å². The smallest absolute Gasteiger partial charge is 0.281 e. The minimum absolute atomic E-state index is 0.0393. The molecule has 6 heteroatoms. The number of carbonyl (C=O) groups excluding carboxylic acids is 2. The van der Waals surface area contributed by atoms with E-state index < -0.39 is 17.4 Å². The highest BCUT2D eigenvalue weighted by Crippen LogP contribution is 2.14. The van der Waals surface area contributed by atoms with Crippen LogP contribution in [-0.4, -0.2) is 17.3 Å². The second-order valence-corrected chi connectivity index (χ2v) is 4.74. The van der Waals surface area contributed by atoms with E-state index in [9.17, 15) is 19.6 Å². The number of nitrogens with one attached hydrogen (secondary N) is 1. The lowest BCUT2D eigenvalue weighted by Crippen LogP contribution is -2.15. The molecule has 23 heavy (non-hydrogen) atoms. The van der Waals surface area contributed by atoms with Crippen LogP contribution in [0, 0.1) is 4.91 Å². The number of hydrogen-bond acceptors (Lipinski definition) is 5. The van der Waals surface area contributed by atoms with Gasteiger partial charge >= 0.3 is 0 Å². The lowest BCUT2D eigenvalue weighted by molar-refractivity contribution is -0.113. The highest BCUT2D eigenvalue weighted by atomic mass is 16.3. The van der Waals surface area contributed by atoms with E-state index in [0.717, 1.165) is 0 Å². The number of carbonyl (C=O) groups is 2. The summed E-state index contributed by atoms with van der Waals surface area (Å²) in [5, 5.41) is 15.1. The molecule has 2 aromatic rings. The monoisotopic (exact) mass is 310 g/mol. The Morgan fingerprint density at radius 3 is 2.30 bits per heavy atom. The van der Waals surface area contributed by atoms with Gasteiger partial charge < -0.3 is 10.4 Å². The van der Waals surface area contributed by atoms with Gasteiger partial charge in [0.15, 0.2) is 0 Å². The largest absolute Gasteiger partial charge is 0.509 e. The van der Waals surface area contributed by atoms with Gasteiger partial charge in [-0.25, -0.2) is 0 Å². The standard InChI is InChI=1S/C17H14N2O4/c20-11-13-8-6-12(7-9-13)10-15(21)16(19-23)17(22)18-14-4-2-1-3-5-14/h1-9,11,21H,10H2,(H,18,22)/b16-15+. The van der Waals surface area contributed by atoms with Crippen molar-refractivity contribution in [2.45, 2.75) is 6.42 Å². The lowest BCUT2D eigenvalue weighted by atomic mass is 10.1. The third-order valence-corrected chi connectivity index (χ3v) is 3.10. The van der Waals surface area contributed by atoms with Crippen molar-refractivity contribution in [2.24, 2.45) is 5.18 Å². The van der Waals surface area contributed by atoms with E-state index in [1.165, 1.54) is 0 Å². The second-order valence-electron chi connectivity index (χ2n) is 4.74. The molecule has 0 heterocycles. The summed E-state index contributed by atoms with van der Waals surface area (Å²) in [6, 6.07) is 14.9. The van der Waals surface area contributed by atoms with Crippen molar-refractivity contribution < 1.29 is 14.7 Å². The maximum absolute atomic E-state index is 12.0. The summed E-state index contributed by atoms with van der Waals surface area (Å²) in [6.45, 7) is 0. The van der Waals surface area contributed by atoms with Crippen LogP contribution in [0.4, 0.5) is 5.69 Å². The molecule has 116 valence electrons. The molecular weight excluding hydrogens is 296 g/mol. The maximum Gasteiger partial charge on any atom is 0.281 e. The normalized spacial score (nSPS) is 11.3. The average Bonchev–Trinajstić information content (AvgIpc) is 2.57. The van der Waals surface area contributed by atoms with Crippen LogP contribution in [0.2, 0.25) is 0 Å². The molecule has 0 aromatic heterocycles. The molecule has 2 aromatic carbocycles. The number of nitrogens with zero attached hydrogens (tertiary/aromatic N) is 1. The molecule has 0 aliphatic carbocycles. The third-order valence-electron chi connectivity index (χ3n) is 3.10. The number of aldehydes is 1. The van der Waals surface area contributed by atoms with Gasteiger partial charge in [0.2, 0.25) is 5.70 Å². The fourth-order valence-electron chi connectivity index (χ4n) is 1.93. The van der Waals surface area contributed by atoms with Gasteiger partial charge in [-0.3, -0.25) is 9.59 Å². The Morgan fingerprint density at radius 1 is 1.09 bits per heavy atom. The molecule has 0 saturated heterocycles. The van der Waals surface area contributed by atoms with Gasteiger partial charge in [0.05, 0.1) is 0 Å². The molecule has 0 saturated carbocycles. The van der Waals surface area contributed by atoms with E-state index in [1.807, 2.05) is 0 Å². The molecule has 6 nitrogen and oxygen atoms in total. The second kappa shape index (κ2) is 7.65. The number of aliphatic hydroxyl groups is 1. The summed E-state index contributed by atoms with van der Waals surface area (Å²) in [5.74, 6) is -1.22. The fourth-order valence-corrected chi connectivity index (χ4v) is 1.93. The van der Waals surface area contributed by atoms with Gasteiger partial charge in [0, 0.05) is 17.7 Å². The lowest BCUT2D eigenvalue weighted by Gasteiger charge is -2.06. The van der Waals surface area contributed by atoms with E-state index >= 15 is 0 Å². The number of benzene rings is 2. The number of hydrogen-bond donors (Lipinski definition) is 2. The molecule has 0 fully saturated rings. The molecular formula is C17H14N2O4. The first-order chi connectivity index (χ1) is 11.1. The molecule has 0 radical (unpaired) electrons. The summed E-state index contributed by atoms with van der Waals surface area (Å²) in [6.07, 6.45) is 0.660. The Labute approximate surface area is 132 Å². The van der Waals surface area contributed by atoms with E-state index in [4.69, 9.17) is 0 Å². The number of anilines is 1. The summed E-state index contributed by atoms with van der Waals surface area (Å²) >= 11 is 0. The topological polar surface area (TPSA) is 95.8 Å². The number of amides is 1. The van der Waals surface area contributed by atoms with Crippen molar-refractivity contribution >= 4 is 17.9 Å². The molecule has 0 aliphatic heterocycles. The predicted molar refractivity (Wildman–Crippen MR) is 86.1 cm³/mol. The first kappa shape index (κ1) is 16.1. The molecule has 0 aliphatic rings. The van der Waals surface area contributed by atoms with Crippen molar-refractivity contribution in [3.63, 3.8) is 0 Å². The SMILES string of the molecule is O=Cc1ccc(C/C(O)=C(\N=O)C(=O)Nc2ccccc2)cc1. The number of nitroso groups, excluding NO2 is 1. The van der Waals surface area contributed by atoms with Crippen molar-refractivity contribution in [2.75, 3.05) is 5.32 Å². The highest BCUT2D eigenvalue weighted by molar-refractivity contribution is 6.03. The maximum atomic E-state index is 12.0. The molecule has 2 N–H and O–H groups in total. The zero-order chi connectivity index (χ0) is 16.7. The van der Waals surface area contributed by atoms with Crippen LogP contribution in [0.15, 0.2) is 71.2 Å². The third kappa shape index (κ3) is 4.34. The van der Waals surface area contributed by atoms with Crippen molar-refractivity contribution in [3.05, 3.63) is 82.1 Å². The summed E-state index contributed by atoms with van der Waals surface area (Å²) in [7, 11) is 0. The fraction of sp³-hybridized carbons (Fsp3) is 0.0588. The molecule has 0 atom stereocenters. The van der Waals surface area contributed by atoms with Gasteiger partial charge in [-0.2, -0.15) is 0 Å². The van der Waals surface area contributed by atoms with Gasteiger partial charge in [-0.15, -0.1) is 4.91 Å². The Morgan fingerprint density at radius 2 is 1.74 bits per heavy atom. The van der Waals surface area contributed by atoms with E-state index in [2.05, 4.69) is 10.5 Å². The first-order valence-corrected chi connectivity index (χ1v) is 6.80. The van der Waals surface area contributed by atoms with E-state index in [-0.39, 0.29) is 6.42 Å². The van der Waals surface area contributed by atoms with E-state index in [0.29, 0.717) is 23.1 Å². The Bertz CT molecular complexity index is 737. The number of aliphatic hydroxyl groups excluding tert-OH is 1. The van der Waals surface area contributed by atoms with Crippen LogP contribution in [0.1, 0.15) is 15.9 Å². The zero-order valence-electron chi connectivity index (χ0n) is 12.1. The average molecular weight is 310 g/mol. The van der Waals surface area contributed by atoms with Crippen molar-refractivity contribution in [1.82, 2.24) is 0 Å². The molecule has 2 rings (SSSR count). The van der Waals surface area contributed by atoms with Crippen molar-refractivity contribution in [3.8, 4) is 0 Å². The number of para-hydroxylation sites is 1. The van der Waals surface area contributed by atoms with E-state index in [1.54, 1.807) is 54.6 Å². The Hall–Kier alpha value is -3.28. The highest BCUT2D eigenvalue weighted by Gasteiger charge is 2.17. The van der Waals surface area contributed by atoms with Crippen LogP contribution in [0.3, 0.4) is 0 Å². The Balaban J connectivity index is 2.15. The molecule has 0 spiro atoms. The first-order valence-electron chi connectivity index (χ1n) is 6.80. The molecule has 1 amide bonds. The van der Waals surface area contributed by atoms with Crippen molar-refractivity contribution in [1.29, 1.82) is 0 Å². The van der Waals surface area contributed by atoms with Gasteiger partial charge in [0.25, 0.3) is 5.91 Å². The quantitative estimate of drug-likeness (QED) is 0.370. The van der Waals surface area contributed by atoms with Crippen LogP contribution >= 0.6 is 0 Å². The minimum Gasteiger partial charge on any atom is -0.509 e. The molecule has 0 bridgehead atoms. The van der Waals surface area contributed by atoms with Crippen LogP contribution in [-0.2, 0) is 11.2 Å². The van der Waals surface area contributed by atoms with Crippen LogP contribution in [0.25, 0.3) is 0 Å². The zero-order valence-corrected chi connectivity index (χ0v) is 12.1. The van der Waals surface area contributed by atoms with Crippen LogP contribution in [0.5, 0.6) is 0 Å². The van der Waals surface area contributed by atoms with Gasteiger partial charge in [0.1, 0.15) is 12.0 Å². The number of rotatable bonds is 6.